The zero-order valence-corrected chi connectivity index (χ0v) is 10.3. The molecule has 1 saturated heterocycles. The van der Waals surface area contributed by atoms with Crippen LogP contribution >= 0.6 is 0 Å². The van der Waals surface area contributed by atoms with Gasteiger partial charge in [-0.3, -0.25) is 29.0 Å². The van der Waals surface area contributed by atoms with Gasteiger partial charge < -0.3 is 20.4 Å². The first-order valence-corrected chi connectivity index (χ1v) is 5.59. The molecule has 0 radical (unpaired) electrons. The van der Waals surface area contributed by atoms with Gasteiger partial charge in [0.15, 0.2) is 0 Å². The number of piperazine rings is 1. The monoisotopic (exact) mass is 290 g/mol. The summed E-state index contributed by atoms with van der Waals surface area (Å²) in [7, 11) is 0. The minimum Gasteiger partial charge on any atom is -0.480 e. The number of nitrogens with zero attached hydrogens (tertiary/aromatic N) is 2. The maximum Gasteiger partial charge on any atom is 0.322 e. The standard InChI is InChI=1S/C10H14N2O8/c13-7(14)3-11-1-5(9(17)18)12(4-8(15)16)2-6(11)10(19)20/h5-6H,1-4H2,(H,13,14)(H,15,16)(H,17,18)(H,19,20)/t5-,6+. The van der Waals surface area contributed by atoms with Gasteiger partial charge in [-0.05, 0) is 0 Å². The molecule has 0 aromatic carbocycles. The fourth-order valence-electron chi connectivity index (χ4n) is 2.10. The third-order valence-electron chi connectivity index (χ3n) is 2.94. The summed E-state index contributed by atoms with van der Waals surface area (Å²) in [4.78, 5) is 45.6. The molecule has 0 aromatic heterocycles. The molecule has 10 nitrogen and oxygen atoms in total. The van der Waals surface area contributed by atoms with E-state index in [0.717, 1.165) is 9.80 Å². The van der Waals surface area contributed by atoms with Crippen LogP contribution < -0.4 is 0 Å². The third-order valence-corrected chi connectivity index (χ3v) is 2.94. The molecule has 1 aliphatic heterocycles. The van der Waals surface area contributed by atoms with Crippen LogP contribution in [0, 0.1) is 0 Å². The first kappa shape index (κ1) is 15.9. The van der Waals surface area contributed by atoms with Gasteiger partial charge >= 0.3 is 23.9 Å². The third kappa shape index (κ3) is 3.90. The predicted octanol–water partition coefficient (Wildman–Crippen LogP) is -2.32. The largest absolute Gasteiger partial charge is 0.480 e. The van der Waals surface area contributed by atoms with Gasteiger partial charge in [-0.15, -0.1) is 0 Å². The summed E-state index contributed by atoms with van der Waals surface area (Å²) in [6, 6.07) is -2.53. The Bertz CT molecular complexity index is 397. The Morgan fingerprint density at radius 3 is 1.25 bits per heavy atom. The van der Waals surface area contributed by atoms with Crippen LogP contribution in [0.1, 0.15) is 0 Å². The molecule has 4 N–H and O–H groups in total. The van der Waals surface area contributed by atoms with Crippen molar-refractivity contribution in [3.63, 3.8) is 0 Å². The second kappa shape index (κ2) is 6.30. The van der Waals surface area contributed by atoms with Gasteiger partial charge in [0.25, 0.3) is 0 Å². The van der Waals surface area contributed by atoms with Gasteiger partial charge in [-0.1, -0.05) is 0 Å². The van der Waals surface area contributed by atoms with Crippen molar-refractivity contribution in [2.24, 2.45) is 0 Å². The molecule has 20 heavy (non-hydrogen) atoms. The van der Waals surface area contributed by atoms with E-state index in [1.54, 1.807) is 0 Å². The van der Waals surface area contributed by atoms with Crippen molar-refractivity contribution in [2.45, 2.75) is 12.1 Å². The molecule has 1 rings (SSSR count). The Hall–Kier alpha value is -2.20. The van der Waals surface area contributed by atoms with E-state index < -0.39 is 49.1 Å². The molecule has 2 atom stereocenters. The van der Waals surface area contributed by atoms with E-state index >= 15 is 0 Å². The molecule has 112 valence electrons. The van der Waals surface area contributed by atoms with Crippen molar-refractivity contribution in [3.8, 4) is 0 Å². The maximum absolute atomic E-state index is 11.1. The van der Waals surface area contributed by atoms with Gasteiger partial charge in [0.1, 0.15) is 12.1 Å². The number of carboxylic acids is 4. The van der Waals surface area contributed by atoms with Crippen LogP contribution in [-0.4, -0.2) is 92.4 Å². The van der Waals surface area contributed by atoms with Crippen molar-refractivity contribution in [3.05, 3.63) is 0 Å². The summed E-state index contributed by atoms with van der Waals surface area (Å²) in [5, 5.41) is 35.5. The van der Waals surface area contributed by atoms with E-state index in [4.69, 9.17) is 20.4 Å². The quantitative estimate of drug-likeness (QED) is 0.418. The number of carboxylic acid groups (broad SMARTS) is 4. The summed E-state index contributed by atoms with van der Waals surface area (Å²) in [6.45, 7) is -1.99. The molecule has 1 heterocycles. The summed E-state index contributed by atoms with van der Waals surface area (Å²) >= 11 is 0. The molecular formula is C10H14N2O8. The molecular weight excluding hydrogens is 276 g/mol. The second-order valence-corrected chi connectivity index (χ2v) is 4.35. The maximum atomic E-state index is 11.1. The Balaban J connectivity index is 2.96. The van der Waals surface area contributed by atoms with Crippen molar-refractivity contribution in [2.75, 3.05) is 26.2 Å². The van der Waals surface area contributed by atoms with Crippen LogP contribution in [0.15, 0.2) is 0 Å². The van der Waals surface area contributed by atoms with Gasteiger partial charge in [0.2, 0.25) is 0 Å². The fraction of sp³-hybridized carbons (Fsp3) is 0.600. The van der Waals surface area contributed by atoms with Gasteiger partial charge in [-0.2, -0.15) is 0 Å². The summed E-state index contributed by atoms with van der Waals surface area (Å²) in [6.07, 6.45) is 0. The van der Waals surface area contributed by atoms with E-state index in [0.29, 0.717) is 0 Å². The highest BCUT2D eigenvalue weighted by Gasteiger charge is 2.41. The minimum absolute atomic E-state index is 0.369. The number of hydrogen-bond acceptors (Lipinski definition) is 6. The lowest BCUT2D eigenvalue weighted by molar-refractivity contribution is -0.161. The lowest BCUT2D eigenvalue weighted by Crippen LogP contribution is -2.64. The molecule has 0 bridgehead atoms. The topological polar surface area (TPSA) is 156 Å². The number of aliphatic carboxylic acids is 4. The zero-order valence-electron chi connectivity index (χ0n) is 10.3. The molecule has 0 spiro atoms. The Morgan fingerprint density at radius 2 is 1.05 bits per heavy atom. The van der Waals surface area contributed by atoms with Crippen LogP contribution in [0.4, 0.5) is 0 Å². The first-order chi connectivity index (χ1) is 9.22. The summed E-state index contributed by atoms with van der Waals surface area (Å²) in [5.74, 6) is -5.23. The smallest absolute Gasteiger partial charge is 0.322 e. The summed E-state index contributed by atoms with van der Waals surface area (Å²) < 4.78 is 0. The van der Waals surface area contributed by atoms with Crippen molar-refractivity contribution >= 4 is 23.9 Å². The minimum atomic E-state index is -1.33. The Morgan fingerprint density at radius 1 is 0.750 bits per heavy atom. The first-order valence-electron chi connectivity index (χ1n) is 5.59. The van der Waals surface area contributed by atoms with Crippen molar-refractivity contribution in [1.29, 1.82) is 0 Å². The zero-order chi connectivity index (χ0) is 15.4. The Labute approximate surface area is 112 Å². The molecule has 1 aliphatic rings. The number of rotatable bonds is 6. The van der Waals surface area contributed by atoms with Crippen molar-refractivity contribution < 1.29 is 39.6 Å². The van der Waals surface area contributed by atoms with E-state index in [9.17, 15) is 19.2 Å². The Kier molecular flexibility index (Phi) is 5.00. The molecule has 1 fully saturated rings. The number of carbonyl (C=O) groups is 4. The van der Waals surface area contributed by atoms with Crippen LogP contribution in [0.2, 0.25) is 0 Å². The van der Waals surface area contributed by atoms with Gasteiger partial charge in [0.05, 0.1) is 13.1 Å². The average molecular weight is 290 g/mol. The molecule has 0 unspecified atom stereocenters. The lowest BCUT2D eigenvalue weighted by Gasteiger charge is -2.41. The normalized spacial score (nSPS) is 24.2. The van der Waals surface area contributed by atoms with E-state index in [-0.39, 0.29) is 13.1 Å². The van der Waals surface area contributed by atoms with E-state index in [2.05, 4.69) is 0 Å². The van der Waals surface area contributed by atoms with Crippen LogP contribution in [0.3, 0.4) is 0 Å². The second-order valence-electron chi connectivity index (χ2n) is 4.35. The molecule has 0 aromatic rings. The highest BCUT2D eigenvalue weighted by molar-refractivity contribution is 5.79. The molecule has 0 saturated carbocycles. The van der Waals surface area contributed by atoms with Crippen molar-refractivity contribution in [1.82, 2.24) is 9.80 Å². The fourth-order valence-corrected chi connectivity index (χ4v) is 2.10. The van der Waals surface area contributed by atoms with Crippen LogP contribution in [0.25, 0.3) is 0 Å². The molecule has 10 heteroatoms. The molecule has 0 aliphatic carbocycles. The van der Waals surface area contributed by atoms with Gasteiger partial charge in [-0.25, -0.2) is 0 Å². The highest BCUT2D eigenvalue weighted by Crippen LogP contribution is 2.16. The van der Waals surface area contributed by atoms with Crippen LogP contribution in [0.5, 0.6) is 0 Å². The number of hydrogen-bond donors (Lipinski definition) is 4. The predicted molar refractivity (Wildman–Crippen MR) is 61.3 cm³/mol. The lowest BCUT2D eigenvalue weighted by atomic mass is 10.1. The van der Waals surface area contributed by atoms with Crippen LogP contribution in [-0.2, 0) is 19.2 Å². The van der Waals surface area contributed by atoms with E-state index in [1.807, 2.05) is 0 Å². The summed E-state index contributed by atoms with van der Waals surface area (Å²) in [5.41, 5.74) is 0. The SMILES string of the molecule is O=C(O)CN1C[C@@H](C(=O)O)N(CC(=O)O)C[C@@H]1C(=O)O. The highest BCUT2D eigenvalue weighted by atomic mass is 16.4. The average Bonchev–Trinajstić information content (AvgIpc) is 2.28. The van der Waals surface area contributed by atoms with Gasteiger partial charge in [0, 0.05) is 13.1 Å². The molecule has 0 amide bonds. The van der Waals surface area contributed by atoms with E-state index in [1.165, 1.54) is 0 Å².